The number of rotatable bonds is 6. The molecule has 3 nitrogen and oxygen atoms in total. The fourth-order valence-corrected chi connectivity index (χ4v) is 2.03. The third kappa shape index (κ3) is 4.00. The molecule has 0 bridgehead atoms. The molecule has 0 aliphatic rings. The zero-order valence-corrected chi connectivity index (χ0v) is 11.6. The van der Waals surface area contributed by atoms with E-state index < -0.39 is 6.10 Å². The van der Waals surface area contributed by atoms with Crippen molar-refractivity contribution in [2.24, 2.45) is 0 Å². The van der Waals surface area contributed by atoms with Gasteiger partial charge in [0.05, 0.1) is 12.7 Å². The van der Waals surface area contributed by atoms with Crippen LogP contribution in [0.2, 0.25) is 0 Å². The number of phenols is 1. The number of aliphatic hydroxyl groups is 1. The highest BCUT2D eigenvalue weighted by Crippen LogP contribution is 2.22. The van der Waals surface area contributed by atoms with Gasteiger partial charge in [0, 0.05) is 6.42 Å². The molecule has 2 aromatic carbocycles. The molecule has 0 aliphatic carbocycles. The summed E-state index contributed by atoms with van der Waals surface area (Å²) in [6, 6.07) is 14.4. The van der Waals surface area contributed by atoms with Crippen LogP contribution in [0.25, 0.3) is 0 Å². The molecule has 0 saturated carbocycles. The Bertz CT molecular complexity index is 534. The van der Waals surface area contributed by atoms with Gasteiger partial charge in [-0.3, -0.25) is 0 Å². The van der Waals surface area contributed by atoms with Crippen LogP contribution in [0.3, 0.4) is 0 Å². The molecule has 0 aromatic heterocycles. The highest BCUT2D eigenvalue weighted by molar-refractivity contribution is 5.31. The van der Waals surface area contributed by atoms with E-state index in [1.165, 1.54) is 0 Å². The van der Waals surface area contributed by atoms with Crippen molar-refractivity contribution in [3.63, 3.8) is 0 Å². The van der Waals surface area contributed by atoms with Crippen molar-refractivity contribution in [2.75, 3.05) is 6.61 Å². The maximum Gasteiger partial charge on any atom is 0.119 e. The summed E-state index contributed by atoms with van der Waals surface area (Å²) < 4.78 is 5.51. The average molecular weight is 272 g/mol. The number of hydrogen-bond donors (Lipinski definition) is 2. The molecule has 2 rings (SSSR count). The van der Waals surface area contributed by atoms with Crippen LogP contribution >= 0.6 is 0 Å². The lowest BCUT2D eigenvalue weighted by atomic mass is 10.0. The monoisotopic (exact) mass is 272 g/mol. The van der Waals surface area contributed by atoms with Gasteiger partial charge in [-0.1, -0.05) is 31.2 Å². The standard InChI is InChI=1S/C17H20O3/c1-2-10-20-16-8-6-14(7-9-16)17(19)12-13-4-3-5-15(18)11-13/h3-9,11,17-19H,2,10,12H2,1H3. The summed E-state index contributed by atoms with van der Waals surface area (Å²) in [4.78, 5) is 0. The quantitative estimate of drug-likeness (QED) is 0.846. The summed E-state index contributed by atoms with van der Waals surface area (Å²) in [6.07, 6.45) is 0.864. The smallest absolute Gasteiger partial charge is 0.119 e. The van der Waals surface area contributed by atoms with E-state index in [0.717, 1.165) is 23.3 Å². The molecule has 1 atom stereocenters. The van der Waals surface area contributed by atoms with Gasteiger partial charge in [0.25, 0.3) is 0 Å². The summed E-state index contributed by atoms with van der Waals surface area (Å²) in [5.74, 6) is 1.04. The molecule has 106 valence electrons. The number of benzene rings is 2. The van der Waals surface area contributed by atoms with Crippen LogP contribution in [0.1, 0.15) is 30.6 Å². The van der Waals surface area contributed by atoms with Crippen molar-refractivity contribution in [3.8, 4) is 11.5 Å². The molecule has 0 aliphatic heterocycles. The molecule has 0 amide bonds. The fraction of sp³-hybridized carbons (Fsp3) is 0.294. The lowest BCUT2D eigenvalue weighted by Gasteiger charge is -2.12. The average Bonchev–Trinajstić information content (AvgIpc) is 2.45. The Labute approximate surface area is 119 Å². The first-order valence-corrected chi connectivity index (χ1v) is 6.87. The summed E-state index contributed by atoms with van der Waals surface area (Å²) >= 11 is 0. The van der Waals surface area contributed by atoms with Crippen molar-refractivity contribution in [2.45, 2.75) is 25.9 Å². The third-order valence-electron chi connectivity index (χ3n) is 3.08. The first-order valence-electron chi connectivity index (χ1n) is 6.87. The summed E-state index contributed by atoms with van der Waals surface area (Å²) in [5.41, 5.74) is 1.75. The van der Waals surface area contributed by atoms with E-state index >= 15 is 0 Å². The molecular formula is C17H20O3. The molecule has 0 radical (unpaired) electrons. The summed E-state index contributed by atoms with van der Waals surface area (Å²) in [7, 11) is 0. The molecule has 3 heteroatoms. The van der Waals surface area contributed by atoms with Gasteiger partial charge < -0.3 is 14.9 Å². The fourth-order valence-electron chi connectivity index (χ4n) is 2.03. The van der Waals surface area contributed by atoms with E-state index in [0.29, 0.717) is 13.0 Å². The van der Waals surface area contributed by atoms with E-state index in [1.54, 1.807) is 18.2 Å². The van der Waals surface area contributed by atoms with Crippen LogP contribution in [0.15, 0.2) is 48.5 Å². The first-order chi connectivity index (χ1) is 9.69. The van der Waals surface area contributed by atoms with E-state index in [9.17, 15) is 10.2 Å². The lowest BCUT2D eigenvalue weighted by molar-refractivity contribution is 0.178. The number of ether oxygens (including phenoxy) is 1. The van der Waals surface area contributed by atoms with E-state index in [-0.39, 0.29) is 5.75 Å². The Morgan fingerprint density at radius 3 is 2.50 bits per heavy atom. The maximum absolute atomic E-state index is 10.2. The number of hydrogen-bond acceptors (Lipinski definition) is 3. The minimum absolute atomic E-state index is 0.220. The van der Waals surface area contributed by atoms with Crippen LogP contribution in [0.4, 0.5) is 0 Å². The largest absolute Gasteiger partial charge is 0.508 e. The Balaban J connectivity index is 2.00. The second-order valence-corrected chi connectivity index (χ2v) is 4.81. The van der Waals surface area contributed by atoms with Crippen LogP contribution in [-0.4, -0.2) is 16.8 Å². The SMILES string of the molecule is CCCOc1ccc(C(O)Cc2cccc(O)c2)cc1. The lowest BCUT2D eigenvalue weighted by Crippen LogP contribution is -2.02. The number of phenolic OH excluding ortho intramolecular Hbond substituents is 1. The molecule has 20 heavy (non-hydrogen) atoms. The summed E-state index contributed by atoms with van der Waals surface area (Å²) in [5, 5.41) is 19.6. The first kappa shape index (κ1) is 14.4. The van der Waals surface area contributed by atoms with Crippen LogP contribution < -0.4 is 4.74 Å². The zero-order chi connectivity index (χ0) is 14.4. The van der Waals surface area contributed by atoms with Crippen molar-refractivity contribution in [1.82, 2.24) is 0 Å². The topological polar surface area (TPSA) is 49.7 Å². The minimum atomic E-state index is -0.586. The molecule has 0 heterocycles. The molecule has 2 N–H and O–H groups in total. The highest BCUT2D eigenvalue weighted by atomic mass is 16.5. The van der Waals surface area contributed by atoms with E-state index in [4.69, 9.17) is 4.74 Å². The van der Waals surface area contributed by atoms with Gasteiger partial charge in [-0.15, -0.1) is 0 Å². The van der Waals surface area contributed by atoms with Gasteiger partial charge in [0.15, 0.2) is 0 Å². The molecule has 0 spiro atoms. The maximum atomic E-state index is 10.2. The molecular weight excluding hydrogens is 252 g/mol. The highest BCUT2D eigenvalue weighted by Gasteiger charge is 2.09. The van der Waals surface area contributed by atoms with E-state index in [1.807, 2.05) is 30.3 Å². The zero-order valence-electron chi connectivity index (χ0n) is 11.6. The van der Waals surface area contributed by atoms with Gasteiger partial charge in [-0.05, 0) is 41.8 Å². The minimum Gasteiger partial charge on any atom is -0.508 e. The normalized spacial score (nSPS) is 12.1. The van der Waals surface area contributed by atoms with Crippen molar-refractivity contribution >= 4 is 0 Å². The predicted molar refractivity (Wildman–Crippen MR) is 79.0 cm³/mol. The summed E-state index contributed by atoms with van der Waals surface area (Å²) in [6.45, 7) is 2.76. The number of aliphatic hydroxyl groups excluding tert-OH is 1. The van der Waals surface area contributed by atoms with Gasteiger partial charge in [-0.2, -0.15) is 0 Å². The number of aromatic hydroxyl groups is 1. The Hall–Kier alpha value is -2.00. The Morgan fingerprint density at radius 2 is 1.85 bits per heavy atom. The van der Waals surface area contributed by atoms with E-state index in [2.05, 4.69) is 6.92 Å². The Kier molecular flexibility index (Phi) is 5.02. The molecule has 2 aromatic rings. The van der Waals surface area contributed by atoms with Crippen molar-refractivity contribution in [1.29, 1.82) is 0 Å². The van der Waals surface area contributed by atoms with Crippen LogP contribution in [0, 0.1) is 0 Å². The Morgan fingerprint density at radius 1 is 1.10 bits per heavy atom. The van der Waals surface area contributed by atoms with Gasteiger partial charge in [0.1, 0.15) is 11.5 Å². The predicted octanol–water partition coefficient (Wildman–Crippen LogP) is 3.46. The van der Waals surface area contributed by atoms with Gasteiger partial charge in [-0.25, -0.2) is 0 Å². The molecule has 1 unspecified atom stereocenters. The second kappa shape index (κ2) is 6.96. The van der Waals surface area contributed by atoms with Crippen molar-refractivity contribution in [3.05, 3.63) is 59.7 Å². The molecule has 0 fully saturated rings. The molecule has 0 saturated heterocycles. The third-order valence-corrected chi connectivity index (χ3v) is 3.08. The van der Waals surface area contributed by atoms with Gasteiger partial charge >= 0.3 is 0 Å². The van der Waals surface area contributed by atoms with Gasteiger partial charge in [0.2, 0.25) is 0 Å². The van der Waals surface area contributed by atoms with Crippen LogP contribution in [-0.2, 0) is 6.42 Å². The van der Waals surface area contributed by atoms with Crippen molar-refractivity contribution < 1.29 is 14.9 Å². The second-order valence-electron chi connectivity index (χ2n) is 4.81. The van der Waals surface area contributed by atoms with Crippen LogP contribution in [0.5, 0.6) is 11.5 Å².